The molecule has 0 aromatic carbocycles. The average molecular weight is 225 g/mol. The van der Waals surface area contributed by atoms with Gasteiger partial charge in [-0.05, 0) is 12.2 Å². The minimum absolute atomic E-state index is 0.118. The van der Waals surface area contributed by atoms with Crippen molar-refractivity contribution < 1.29 is 23.5 Å². The summed E-state index contributed by atoms with van der Waals surface area (Å²) in [6.45, 7) is 0. The topological polar surface area (TPSA) is 66.7 Å². The maximum absolute atomic E-state index is 13.3. The molecule has 0 radical (unpaired) electrons. The number of fused-ring (bicyclic) bond motifs is 1. The predicted octanol–water partition coefficient (Wildman–Crippen LogP) is 1.32. The van der Waals surface area contributed by atoms with Crippen LogP contribution < -0.4 is 0 Å². The maximum Gasteiger partial charge on any atom is 0.341 e. The molecule has 0 spiro atoms. The van der Waals surface area contributed by atoms with Crippen molar-refractivity contribution in [2.24, 2.45) is 10.9 Å². The molecule has 1 amide bonds. The first-order chi connectivity index (χ1) is 7.49. The van der Waals surface area contributed by atoms with Gasteiger partial charge in [-0.15, -0.1) is 0 Å². The number of amides is 1. The van der Waals surface area contributed by atoms with Gasteiger partial charge in [0.05, 0.1) is 11.6 Å². The molecule has 2 rings (SSSR count). The Balaban J connectivity index is 2.48. The van der Waals surface area contributed by atoms with Crippen LogP contribution in [0.25, 0.3) is 0 Å². The van der Waals surface area contributed by atoms with Crippen LogP contribution in [0.2, 0.25) is 0 Å². The van der Waals surface area contributed by atoms with Crippen LogP contribution in [0.3, 0.4) is 0 Å². The molecule has 0 aromatic rings. The first-order valence-electron chi connectivity index (χ1n) is 4.31. The number of halogens is 2. The third kappa shape index (κ3) is 1.58. The molecular weight excluding hydrogens is 220 g/mol. The second-order valence-electron chi connectivity index (χ2n) is 3.26. The average Bonchev–Trinajstić information content (AvgIpc) is 2.15. The van der Waals surface area contributed by atoms with E-state index in [1.165, 1.54) is 0 Å². The Kier molecular flexibility index (Phi) is 2.26. The van der Waals surface area contributed by atoms with Gasteiger partial charge in [0.1, 0.15) is 17.2 Å². The van der Waals surface area contributed by atoms with E-state index in [4.69, 9.17) is 5.11 Å². The number of carbonyl (C=O) groups is 2. The normalized spacial score (nSPS) is 23.9. The number of carbonyl (C=O) groups excluding carboxylic acids is 1. The van der Waals surface area contributed by atoms with Crippen molar-refractivity contribution in [2.75, 3.05) is 0 Å². The number of carboxylic acid groups (broad SMARTS) is 1. The first kappa shape index (κ1) is 10.4. The van der Waals surface area contributed by atoms with E-state index in [9.17, 15) is 18.4 Å². The second kappa shape index (κ2) is 3.48. The number of dihydropyridines is 1. The zero-order valence-electron chi connectivity index (χ0n) is 7.78. The third-order valence-electron chi connectivity index (χ3n) is 2.20. The van der Waals surface area contributed by atoms with Gasteiger partial charge in [-0.1, -0.05) is 0 Å². The predicted molar refractivity (Wildman–Crippen MR) is 50.0 cm³/mol. The van der Waals surface area contributed by atoms with Gasteiger partial charge in [0.25, 0.3) is 5.91 Å². The lowest BCUT2D eigenvalue weighted by Crippen LogP contribution is -2.25. The molecule has 1 unspecified atom stereocenters. The summed E-state index contributed by atoms with van der Waals surface area (Å²) < 4.78 is 26.1. The van der Waals surface area contributed by atoms with Crippen LogP contribution in [-0.2, 0) is 9.59 Å². The molecule has 0 aromatic heterocycles. The first-order valence-corrected chi connectivity index (χ1v) is 4.31. The van der Waals surface area contributed by atoms with E-state index in [-0.39, 0.29) is 5.71 Å². The van der Waals surface area contributed by atoms with Crippen LogP contribution in [0.4, 0.5) is 8.78 Å². The number of allylic oxidation sites excluding steroid dienone is 5. The largest absolute Gasteiger partial charge is 0.478 e. The van der Waals surface area contributed by atoms with Crippen molar-refractivity contribution in [3.63, 3.8) is 0 Å². The third-order valence-corrected chi connectivity index (χ3v) is 2.20. The molecule has 82 valence electrons. The van der Waals surface area contributed by atoms with E-state index >= 15 is 0 Å². The molecule has 0 fully saturated rings. The summed E-state index contributed by atoms with van der Waals surface area (Å²) in [6, 6.07) is 0. The van der Waals surface area contributed by atoms with Gasteiger partial charge in [-0.25, -0.2) is 18.6 Å². The Morgan fingerprint density at radius 2 is 2.06 bits per heavy atom. The zero-order valence-corrected chi connectivity index (χ0v) is 7.78. The SMILES string of the molecule is O=C(O)C1=CC2C(F)=CC(F)=CC2=NC1=O. The minimum Gasteiger partial charge on any atom is -0.478 e. The van der Waals surface area contributed by atoms with Crippen molar-refractivity contribution in [3.05, 3.63) is 35.5 Å². The maximum atomic E-state index is 13.3. The quantitative estimate of drug-likeness (QED) is 0.684. The van der Waals surface area contributed by atoms with Crippen LogP contribution >= 0.6 is 0 Å². The molecule has 1 N–H and O–H groups in total. The highest BCUT2D eigenvalue weighted by Gasteiger charge is 2.31. The number of rotatable bonds is 1. The van der Waals surface area contributed by atoms with Gasteiger partial charge in [0.15, 0.2) is 0 Å². The van der Waals surface area contributed by atoms with Crippen LogP contribution in [0.5, 0.6) is 0 Å². The van der Waals surface area contributed by atoms with Crippen molar-refractivity contribution in [2.45, 2.75) is 0 Å². The van der Waals surface area contributed by atoms with E-state index in [2.05, 4.69) is 4.99 Å². The van der Waals surface area contributed by atoms with E-state index < -0.39 is 35.0 Å². The fraction of sp³-hybridized carbons (Fsp3) is 0.100. The van der Waals surface area contributed by atoms with Crippen LogP contribution in [0.1, 0.15) is 0 Å². The number of carboxylic acids is 1. The van der Waals surface area contributed by atoms with Crippen molar-refractivity contribution in [3.8, 4) is 0 Å². The Morgan fingerprint density at radius 3 is 2.69 bits per heavy atom. The number of aliphatic carboxylic acids is 1. The van der Waals surface area contributed by atoms with Gasteiger partial charge in [-0.3, -0.25) is 4.79 Å². The fourth-order valence-electron chi connectivity index (χ4n) is 1.48. The highest BCUT2D eigenvalue weighted by Crippen LogP contribution is 2.29. The van der Waals surface area contributed by atoms with Gasteiger partial charge in [0, 0.05) is 6.08 Å². The Bertz CT molecular complexity index is 514. The molecule has 2 aliphatic rings. The summed E-state index contributed by atoms with van der Waals surface area (Å²) in [6.07, 6.45) is 2.47. The van der Waals surface area contributed by atoms with Gasteiger partial charge < -0.3 is 5.11 Å². The van der Waals surface area contributed by atoms with Crippen molar-refractivity contribution >= 4 is 17.6 Å². The molecule has 1 heterocycles. The summed E-state index contributed by atoms with van der Waals surface area (Å²) in [7, 11) is 0. The minimum atomic E-state index is -1.48. The van der Waals surface area contributed by atoms with E-state index in [1.54, 1.807) is 0 Å². The lowest BCUT2D eigenvalue weighted by molar-refractivity contribution is -0.134. The van der Waals surface area contributed by atoms with E-state index in [0.717, 1.165) is 12.2 Å². The standard InChI is InChI=1S/C10H5F2NO3/c11-4-1-7(12)5-3-6(10(15)16)9(14)13-8(5)2-4/h1-3,5H,(H,15,16). The summed E-state index contributed by atoms with van der Waals surface area (Å²) in [4.78, 5) is 25.1. The van der Waals surface area contributed by atoms with Crippen molar-refractivity contribution in [1.29, 1.82) is 0 Å². The number of nitrogens with zero attached hydrogens (tertiary/aromatic N) is 1. The van der Waals surface area contributed by atoms with Gasteiger partial charge in [0.2, 0.25) is 0 Å². The molecule has 0 saturated heterocycles. The summed E-state index contributed by atoms with van der Waals surface area (Å²) >= 11 is 0. The van der Waals surface area contributed by atoms with E-state index in [1.807, 2.05) is 0 Å². The van der Waals surface area contributed by atoms with Gasteiger partial charge >= 0.3 is 5.97 Å². The number of hydrogen-bond donors (Lipinski definition) is 1. The zero-order chi connectivity index (χ0) is 11.9. The van der Waals surface area contributed by atoms with Crippen molar-refractivity contribution in [1.82, 2.24) is 0 Å². The molecular formula is C10H5F2NO3. The molecule has 6 heteroatoms. The molecule has 1 atom stereocenters. The molecule has 1 aliphatic carbocycles. The molecule has 1 aliphatic heterocycles. The Labute approximate surface area is 88.3 Å². The summed E-state index contributed by atoms with van der Waals surface area (Å²) in [5.41, 5.74) is -0.722. The lowest BCUT2D eigenvalue weighted by atomic mass is 9.91. The second-order valence-corrected chi connectivity index (χ2v) is 3.26. The molecule has 16 heavy (non-hydrogen) atoms. The molecule has 4 nitrogen and oxygen atoms in total. The van der Waals surface area contributed by atoms with Crippen LogP contribution in [0.15, 0.2) is 40.4 Å². The van der Waals surface area contributed by atoms with E-state index in [0.29, 0.717) is 6.08 Å². The number of hydrogen-bond acceptors (Lipinski definition) is 2. The van der Waals surface area contributed by atoms with Crippen LogP contribution in [-0.4, -0.2) is 22.7 Å². The Morgan fingerprint density at radius 1 is 1.38 bits per heavy atom. The smallest absolute Gasteiger partial charge is 0.341 e. The highest BCUT2D eigenvalue weighted by atomic mass is 19.1. The summed E-state index contributed by atoms with van der Waals surface area (Å²) in [5.74, 6) is -5.28. The Hall–Kier alpha value is -2.11. The van der Waals surface area contributed by atoms with Crippen LogP contribution in [0, 0.1) is 5.92 Å². The monoisotopic (exact) mass is 225 g/mol. The van der Waals surface area contributed by atoms with Gasteiger partial charge in [-0.2, -0.15) is 0 Å². The highest BCUT2D eigenvalue weighted by molar-refractivity contribution is 6.23. The molecule has 0 saturated carbocycles. The number of aliphatic imine (C=N–C) groups is 1. The lowest BCUT2D eigenvalue weighted by Gasteiger charge is -2.18. The molecule has 0 bridgehead atoms. The fourth-order valence-corrected chi connectivity index (χ4v) is 1.48. The summed E-state index contributed by atoms with van der Waals surface area (Å²) in [5, 5.41) is 8.65.